The smallest absolute Gasteiger partial charge is 0.0834 e. The topological polar surface area (TPSA) is 21.3 Å². The summed E-state index contributed by atoms with van der Waals surface area (Å²) in [4.78, 5) is 1.42. The molecule has 0 saturated heterocycles. The van der Waals surface area contributed by atoms with Crippen LogP contribution in [0.4, 0.5) is 0 Å². The molecule has 0 spiro atoms. The molecule has 1 aromatic rings. The maximum Gasteiger partial charge on any atom is 0.0834 e. The van der Waals surface area contributed by atoms with Gasteiger partial charge < -0.3 is 10.1 Å². The molecule has 2 rings (SSSR count). The van der Waals surface area contributed by atoms with Crippen LogP contribution in [-0.4, -0.2) is 25.3 Å². The first-order valence-electron chi connectivity index (χ1n) is 7.22. The normalized spacial score (nSPS) is 20.4. The van der Waals surface area contributed by atoms with Crippen LogP contribution in [0, 0.1) is 0 Å². The number of methoxy groups -OCH3 is 1. The summed E-state index contributed by atoms with van der Waals surface area (Å²) in [5, 5.41) is 5.83. The van der Waals surface area contributed by atoms with Crippen LogP contribution in [0.25, 0.3) is 0 Å². The number of thiophene rings is 1. The molecule has 1 N–H and O–H groups in total. The van der Waals surface area contributed by atoms with E-state index in [-0.39, 0.29) is 5.60 Å². The van der Waals surface area contributed by atoms with Crippen molar-refractivity contribution in [3.05, 3.63) is 20.8 Å². The highest BCUT2D eigenvalue weighted by Crippen LogP contribution is 2.36. The van der Waals surface area contributed by atoms with Crippen LogP contribution >= 0.6 is 27.3 Å². The molecule has 19 heavy (non-hydrogen) atoms. The molecule has 0 aromatic carbocycles. The lowest BCUT2D eigenvalue weighted by Gasteiger charge is -2.43. The minimum Gasteiger partial charge on any atom is -0.377 e. The van der Waals surface area contributed by atoms with Gasteiger partial charge in [0.1, 0.15) is 0 Å². The summed E-state index contributed by atoms with van der Waals surface area (Å²) < 4.78 is 7.25. The van der Waals surface area contributed by atoms with Gasteiger partial charge in [0.2, 0.25) is 0 Å². The van der Waals surface area contributed by atoms with E-state index < -0.39 is 0 Å². The standard InChI is InChI=1S/C15H24BrNOS/c1-3-17-14(11-13-12(16)7-10-19-13)15(18-2)8-5-4-6-9-15/h7,10,14,17H,3-6,8-9,11H2,1-2H3. The second-order valence-electron chi connectivity index (χ2n) is 5.34. The maximum atomic E-state index is 6.01. The van der Waals surface area contributed by atoms with Crippen LogP contribution < -0.4 is 5.32 Å². The summed E-state index contributed by atoms with van der Waals surface area (Å²) in [6, 6.07) is 2.56. The van der Waals surface area contributed by atoms with Crippen molar-refractivity contribution in [1.82, 2.24) is 5.32 Å². The highest BCUT2D eigenvalue weighted by Gasteiger charge is 2.39. The molecule has 1 aromatic heterocycles. The van der Waals surface area contributed by atoms with Crippen molar-refractivity contribution in [3.8, 4) is 0 Å². The van der Waals surface area contributed by atoms with Crippen LogP contribution in [0.2, 0.25) is 0 Å². The van der Waals surface area contributed by atoms with Crippen molar-refractivity contribution >= 4 is 27.3 Å². The van der Waals surface area contributed by atoms with Crippen LogP contribution in [0.3, 0.4) is 0 Å². The Labute approximate surface area is 129 Å². The Hall–Kier alpha value is 0.1000. The quantitative estimate of drug-likeness (QED) is 0.825. The summed E-state index contributed by atoms with van der Waals surface area (Å²) in [6.45, 7) is 3.18. The molecule has 1 atom stereocenters. The summed E-state index contributed by atoms with van der Waals surface area (Å²) in [5.74, 6) is 0. The van der Waals surface area contributed by atoms with Gasteiger partial charge in [-0.05, 0) is 46.8 Å². The fourth-order valence-corrected chi connectivity index (χ4v) is 4.75. The fourth-order valence-electron chi connectivity index (χ4n) is 3.19. The Morgan fingerprint density at radius 3 is 2.68 bits per heavy atom. The van der Waals surface area contributed by atoms with Crippen molar-refractivity contribution in [3.63, 3.8) is 0 Å². The molecule has 0 radical (unpaired) electrons. The van der Waals surface area contributed by atoms with E-state index in [9.17, 15) is 0 Å². The second kappa shape index (κ2) is 7.21. The molecule has 4 heteroatoms. The molecule has 0 bridgehead atoms. The zero-order valence-corrected chi connectivity index (χ0v) is 14.3. The number of hydrogen-bond acceptors (Lipinski definition) is 3. The van der Waals surface area contributed by atoms with Gasteiger partial charge in [0.05, 0.1) is 5.60 Å². The SMILES string of the molecule is CCNC(Cc1sccc1Br)C1(OC)CCCCC1. The van der Waals surface area contributed by atoms with Gasteiger partial charge in [-0.2, -0.15) is 0 Å². The molecule has 1 heterocycles. The first-order valence-corrected chi connectivity index (χ1v) is 8.89. The number of hydrogen-bond donors (Lipinski definition) is 1. The monoisotopic (exact) mass is 345 g/mol. The van der Waals surface area contributed by atoms with Crippen molar-refractivity contribution in [2.24, 2.45) is 0 Å². The lowest BCUT2D eigenvalue weighted by Crippen LogP contribution is -2.54. The zero-order valence-electron chi connectivity index (χ0n) is 11.9. The van der Waals surface area contributed by atoms with Gasteiger partial charge in [0, 0.05) is 28.9 Å². The molecule has 108 valence electrons. The Morgan fingerprint density at radius 1 is 1.42 bits per heavy atom. The number of nitrogens with one attached hydrogen (secondary N) is 1. The zero-order chi connectivity index (χ0) is 13.7. The predicted octanol–water partition coefficient (Wildman–Crippen LogP) is 4.38. The van der Waals surface area contributed by atoms with Crippen molar-refractivity contribution in [2.75, 3.05) is 13.7 Å². The molecular weight excluding hydrogens is 322 g/mol. The van der Waals surface area contributed by atoms with Gasteiger partial charge in [-0.25, -0.2) is 0 Å². The second-order valence-corrected chi connectivity index (χ2v) is 7.19. The highest BCUT2D eigenvalue weighted by atomic mass is 79.9. The summed E-state index contributed by atoms with van der Waals surface area (Å²) >= 11 is 5.49. The molecule has 1 aliphatic carbocycles. The predicted molar refractivity (Wildman–Crippen MR) is 86.0 cm³/mol. The first-order chi connectivity index (χ1) is 9.22. The molecule has 1 unspecified atom stereocenters. The molecule has 0 aliphatic heterocycles. The first kappa shape index (κ1) is 15.5. The molecule has 0 amide bonds. The molecule has 1 fully saturated rings. The maximum absolute atomic E-state index is 6.01. The Kier molecular flexibility index (Phi) is 5.87. The Balaban J connectivity index is 2.15. The molecule has 1 aliphatic rings. The molecule has 2 nitrogen and oxygen atoms in total. The number of likely N-dealkylation sites (N-methyl/N-ethyl adjacent to an activating group) is 1. The minimum absolute atomic E-state index is 0.0255. The van der Waals surface area contributed by atoms with E-state index in [1.54, 1.807) is 0 Å². The van der Waals surface area contributed by atoms with Crippen LogP contribution in [0.5, 0.6) is 0 Å². The van der Waals surface area contributed by atoms with E-state index in [0.717, 1.165) is 13.0 Å². The lowest BCUT2D eigenvalue weighted by atomic mass is 9.77. The summed E-state index contributed by atoms with van der Waals surface area (Å²) in [5.41, 5.74) is 0.0255. The van der Waals surface area contributed by atoms with Crippen molar-refractivity contribution in [2.45, 2.75) is 57.1 Å². The van der Waals surface area contributed by atoms with E-state index in [1.165, 1.54) is 41.5 Å². The van der Waals surface area contributed by atoms with Gasteiger partial charge in [-0.3, -0.25) is 0 Å². The lowest BCUT2D eigenvalue weighted by molar-refractivity contribution is -0.0668. The average Bonchev–Trinajstić information content (AvgIpc) is 2.84. The van der Waals surface area contributed by atoms with Gasteiger partial charge in [0.25, 0.3) is 0 Å². The highest BCUT2D eigenvalue weighted by molar-refractivity contribution is 9.10. The Morgan fingerprint density at radius 2 is 2.16 bits per heavy atom. The largest absolute Gasteiger partial charge is 0.377 e. The molecule has 1 saturated carbocycles. The summed E-state index contributed by atoms with van der Waals surface area (Å²) in [6.07, 6.45) is 7.36. The van der Waals surface area contributed by atoms with E-state index in [4.69, 9.17) is 4.74 Å². The van der Waals surface area contributed by atoms with Gasteiger partial charge in [0.15, 0.2) is 0 Å². The molecular formula is C15H24BrNOS. The average molecular weight is 346 g/mol. The fraction of sp³-hybridized carbons (Fsp3) is 0.733. The third kappa shape index (κ3) is 3.60. The third-order valence-electron chi connectivity index (χ3n) is 4.27. The van der Waals surface area contributed by atoms with Gasteiger partial charge in [-0.15, -0.1) is 11.3 Å². The van der Waals surface area contributed by atoms with E-state index in [2.05, 4.69) is 39.6 Å². The summed E-state index contributed by atoms with van der Waals surface area (Å²) in [7, 11) is 1.89. The van der Waals surface area contributed by atoms with Crippen molar-refractivity contribution in [1.29, 1.82) is 0 Å². The third-order valence-corrected chi connectivity index (χ3v) is 6.22. The van der Waals surface area contributed by atoms with Crippen LogP contribution in [0.1, 0.15) is 43.9 Å². The number of ether oxygens (including phenoxy) is 1. The Bertz CT molecular complexity index is 387. The van der Waals surface area contributed by atoms with Gasteiger partial charge >= 0.3 is 0 Å². The van der Waals surface area contributed by atoms with E-state index in [1.807, 2.05) is 18.4 Å². The van der Waals surface area contributed by atoms with Gasteiger partial charge in [-0.1, -0.05) is 26.2 Å². The number of halogens is 1. The van der Waals surface area contributed by atoms with Crippen LogP contribution in [0.15, 0.2) is 15.9 Å². The minimum atomic E-state index is 0.0255. The number of rotatable bonds is 6. The van der Waals surface area contributed by atoms with Crippen LogP contribution in [-0.2, 0) is 11.2 Å². The van der Waals surface area contributed by atoms with Crippen molar-refractivity contribution < 1.29 is 4.74 Å². The van der Waals surface area contributed by atoms with E-state index in [0.29, 0.717) is 6.04 Å². The van der Waals surface area contributed by atoms with E-state index >= 15 is 0 Å².